The highest BCUT2D eigenvalue weighted by atomic mass is 19.4. The predicted octanol–water partition coefficient (Wildman–Crippen LogP) is 7.46. The van der Waals surface area contributed by atoms with Crippen LogP contribution in [0.25, 0.3) is 33.3 Å². The zero-order valence-corrected chi connectivity index (χ0v) is 48.8. The fourth-order valence-electron chi connectivity index (χ4n) is 15.5. The Balaban J connectivity index is 0.852. The van der Waals surface area contributed by atoms with Crippen LogP contribution in [0, 0.1) is 22.7 Å². The van der Waals surface area contributed by atoms with E-state index in [1.54, 1.807) is 6.07 Å². The molecule has 6 saturated heterocycles. The number of hydrogen-bond acceptors (Lipinski definition) is 12. The maximum Gasteiger partial charge on any atom is 0.406 e. The molecule has 13 rings (SSSR count). The number of carbonyl (C=O) groups is 4. The van der Waals surface area contributed by atoms with Crippen molar-refractivity contribution in [2.45, 2.75) is 160 Å². The van der Waals surface area contributed by atoms with E-state index in [4.69, 9.17) is 14.5 Å². The smallest absolute Gasteiger partial charge is 0.406 e. The summed E-state index contributed by atoms with van der Waals surface area (Å²) in [6.07, 6.45) is 6.76. The van der Waals surface area contributed by atoms with E-state index in [0.29, 0.717) is 97.6 Å². The molecule has 4 aromatic rings. The number of hydrazine groups is 1. The fourth-order valence-corrected chi connectivity index (χ4v) is 15.5. The van der Waals surface area contributed by atoms with Crippen molar-refractivity contribution in [2.75, 3.05) is 83.6 Å². The molecular formula is C64H83F3N10O6. The molecule has 2 aromatic heterocycles. The third-order valence-electron chi connectivity index (χ3n) is 20.1. The molecular weight excluding hydrogens is 1060 g/mol. The lowest BCUT2D eigenvalue weighted by Gasteiger charge is -2.44. The Bertz CT molecular complexity index is 3140. The van der Waals surface area contributed by atoms with Gasteiger partial charge in [0.2, 0.25) is 11.8 Å². The minimum Gasteiger partial charge on any atom is -0.464 e. The van der Waals surface area contributed by atoms with Crippen molar-refractivity contribution in [2.24, 2.45) is 22.7 Å². The van der Waals surface area contributed by atoms with E-state index < -0.39 is 42.2 Å². The Morgan fingerprint density at radius 1 is 0.904 bits per heavy atom. The Hall–Kier alpha value is -5.60. The molecule has 9 aliphatic rings. The van der Waals surface area contributed by atoms with Gasteiger partial charge in [-0.3, -0.25) is 44.3 Å². The average molecular weight is 1150 g/mol. The van der Waals surface area contributed by atoms with E-state index in [9.17, 15) is 9.59 Å². The number of piperazine rings is 1. The van der Waals surface area contributed by atoms with Gasteiger partial charge in [-0.2, -0.15) is 13.2 Å². The summed E-state index contributed by atoms with van der Waals surface area (Å²) >= 11 is 0. The normalized spacial score (nSPS) is 28.7. The number of cyclic esters (lactones) is 1. The molecule has 8 fully saturated rings. The van der Waals surface area contributed by atoms with Crippen LogP contribution in [0.1, 0.15) is 115 Å². The summed E-state index contributed by atoms with van der Waals surface area (Å²) in [6, 6.07) is 13.8. The highest BCUT2D eigenvalue weighted by Gasteiger charge is 2.55. The summed E-state index contributed by atoms with van der Waals surface area (Å²) in [4.78, 5) is 72.7. The first-order chi connectivity index (χ1) is 39.9. The van der Waals surface area contributed by atoms with Gasteiger partial charge in [-0.15, -0.1) is 0 Å². The lowest BCUT2D eigenvalue weighted by Crippen LogP contribution is -2.62. The molecule has 7 aliphatic heterocycles. The first-order valence-electron chi connectivity index (χ1n) is 31.1. The van der Waals surface area contributed by atoms with Crippen LogP contribution in [0.5, 0.6) is 0 Å². The van der Waals surface area contributed by atoms with Crippen LogP contribution in [0.2, 0.25) is 0 Å². The molecule has 2 aliphatic carbocycles. The summed E-state index contributed by atoms with van der Waals surface area (Å²) < 4.78 is 59.3. The van der Waals surface area contributed by atoms with Gasteiger partial charge in [0.1, 0.15) is 24.7 Å². The van der Waals surface area contributed by atoms with Gasteiger partial charge >= 0.3 is 12.1 Å². The fraction of sp³-hybridized carbons (Fsp3) is 0.641. The van der Waals surface area contributed by atoms with Crippen LogP contribution < -0.4 is 21.0 Å². The third-order valence-corrected chi connectivity index (χ3v) is 20.1. The van der Waals surface area contributed by atoms with Gasteiger partial charge in [0.05, 0.1) is 55.2 Å². The second kappa shape index (κ2) is 22.4. The molecule has 7 atom stereocenters. The Kier molecular flexibility index (Phi) is 15.2. The lowest BCUT2D eigenvalue weighted by atomic mass is 9.83. The van der Waals surface area contributed by atoms with Crippen molar-refractivity contribution >= 4 is 40.3 Å². The van der Waals surface area contributed by atoms with E-state index in [1.165, 1.54) is 22.4 Å². The number of ether oxygens (including phenoxy) is 2. The van der Waals surface area contributed by atoms with Crippen molar-refractivity contribution in [3.63, 3.8) is 0 Å². The van der Waals surface area contributed by atoms with E-state index in [0.717, 1.165) is 93.6 Å². The van der Waals surface area contributed by atoms with Gasteiger partial charge in [0.25, 0.3) is 5.91 Å². The summed E-state index contributed by atoms with van der Waals surface area (Å²) in [5.41, 5.74) is 8.51. The van der Waals surface area contributed by atoms with Gasteiger partial charge < -0.3 is 29.2 Å². The average Bonchev–Trinajstić information content (AvgIpc) is 2.33. The first-order valence-corrected chi connectivity index (χ1v) is 31.1. The number of anilines is 1. The van der Waals surface area contributed by atoms with Gasteiger partial charge in [0, 0.05) is 92.1 Å². The standard InChI is InChI=1S/C64H83F3N10O6/c1-39(2)53-48(30-45(32-68-53)73-24-23-72-25-26-82-34-46(72)33-73)57-49-31-62(3,4)38-83-61(81)50-13-8-20-77(71-50)59(79)51(28-40-9-7-12-43(27-40)44-16-17-52(47(49)29-44)76(57)37-64(65,66)67)69-58(78)56(42-10-5-6-11-42)74-21-18-63(35-74)19-22-75(36-63)60(80)55-54(70-55)41-14-15-41/h7,9,12,16-17,27,29-30,32,39,41-42,46,50-51,54-56,70-71H,5-6,8,10-11,13-15,18-26,28,31,33-38H2,1-4H3,(H,69,78)/t46-,50-,51-,54+,55+,56-,63-/m0/s1. The molecule has 3 N–H and O–H groups in total. The molecule has 0 radical (unpaired) electrons. The second-order valence-electron chi connectivity index (χ2n) is 27.2. The molecule has 1 spiro atoms. The molecule has 2 aromatic carbocycles. The van der Waals surface area contributed by atoms with Crippen LogP contribution in [0.3, 0.4) is 0 Å². The number of pyridine rings is 1. The number of aromatic nitrogens is 2. The first kappa shape index (κ1) is 56.5. The van der Waals surface area contributed by atoms with E-state index in [-0.39, 0.29) is 66.5 Å². The van der Waals surface area contributed by atoms with Crippen LogP contribution in [-0.2, 0) is 48.0 Å². The maximum atomic E-state index is 15.3. The number of nitrogens with one attached hydrogen (secondary N) is 3. The number of halogens is 3. The van der Waals surface area contributed by atoms with Crippen molar-refractivity contribution in [3.05, 3.63) is 71.5 Å². The number of esters is 1. The highest BCUT2D eigenvalue weighted by Crippen LogP contribution is 2.47. The number of carbonyl (C=O) groups excluding carboxylic acids is 4. The number of morpholine rings is 1. The molecule has 19 heteroatoms. The highest BCUT2D eigenvalue weighted by molar-refractivity contribution is 5.96. The Morgan fingerprint density at radius 2 is 1.71 bits per heavy atom. The van der Waals surface area contributed by atoms with Gasteiger partial charge in [0.15, 0.2) is 0 Å². The SMILES string of the molecule is CC(C)c1ncc(N2CCN3CCOC[C@@H]3C2)cc1-c1c2c3cc(ccc3n1CC(F)(F)F)-c1cccc(c1)C[C@H](NC(=O)[C@H](C1CCCC1)N1CC[C@]3(CCN(C(=O)[C@@H]4N[C@@H]4C4CC4)C3)C1)C(=O)N1CCC[C@H](N1)C(=O)OCC(C)(C)C2. The zero-order chi connectivity index (χ0) is 57.5. The van der Waals surface area contributed by atoms with Crippen LogP contribution in [-0.4, -0.2) is 174 Å². The monoisotopic (exact) mass is 1140 g/mol. The Morgan fingerprint density at radius 3 is 2.51 bits per heavy atom. The zero-order valence-electron chi connectivity index (χ0n) is 48.8. The minimum atomic E-state index is -4.58. The van der Waals surface area contributed by atoms with Crippen molar-refractivity contribution in [1.29, 1.82) is 0 Å². The minimum absolute atomic E-state index is 0.0415. The summed E-state index contributed by atoms with van der Waals surface area (Å²) in [5, 5.41) is 8.93. The number of likely N-dealkylation sites (tertiary alicyclic amines) is 2. The van der Waals surface area contributed by atoms with Crippen LogP contribution in [0.15, 0.2) is 54.7 Å². The largest absolute Gasteiger partial charge is 0.464 e. The number of benzene rings is 2. The van der Waals surface area contributed by atoms with Crippen LogP contribution in [0.4, 0.5) is 18.9 Å². The van der Waals surface area contributed by atoms with Gasteiger partial charge in [-0.05, 0) is 123 Å². The maximum absolute atomic E-state index is 15.3. The van der Waals surface area contributed by atoms with Crippen molar-refractivity contribution in [3.8, 4) is 22.4 Å². The topological polar surface area (TPSA) is 167 Å². The van der Waals surface area contributed by atoms with E-state index >= 15 is 22.8 Å². The number of nitrogens with zero attached hydrogens (tertiary/aromatic N) is 7. The van der Waals surface area contributed by atoms with Gasteiger partial charge in [-0.25, -0.2) is 5.43 Å². The molecule has 0 unspecified atom stereocenters. The van der Waals surface area contributed by atoms with Crippen LogP contribution >= 0.6 is 0 Å². The molecule has 16 nitrogen and oxygen atoms in total. The Labute approximate surface area is 485 Å². The number of hydrogen-bond donors (Lipinski definition) is 3. The van der Waals surface area contributed by atoms with E-state index in [1.807, 2.05) is 76.4 Å². The third kappa shape index (κ3) is 11.7. The lowest BCUT2D eigenvalue weighted by molar-refractivity contribution is -0.155. The van der Waals surface area contributed by atoms with Crippen molar-refractivity contribution in [1.82, 2.24) is 45.3 Å². The number of fused-ring (bicyclic) bond motifs is 7. The molecule has 83 heavy (non-hydrogen) atoms. The molecule has 3 amide bonds. The summed E-state index contributed by atoms with van der Waals surface area (Å²) in [5.74, 6) is -0.214. The quantitative estimate of drug-likeness (QED) is 0.106. The number of alkyl halides is 3. The second-order valence-corrected chi connectivity index (χ2v) is 27.2. The van der Waals surface area contributed by atoms with E-state index in [2.05, 4.69) is 35.7 Å². The van der Waals surface area contributed by atoms with Crippen molar-refractivity contribution < 1.29 is 41.8 Å². The predicted molar refractivity (Wildman–Crippen MR) is 310 cm³/mol. The molecule has 446 valence electrons. The summed E-state index contributed by atoms with van der Waals surface area (Å²) in [7, 11) is 0. The molecule has 9 heterocycles. The molecule has 6 bridgehead atoms. The van der Waals surface area contributed by atoms with Gasteiger partial charge in [-0.1, -0.05) is 70.9 Å². The summed E-state index contributed by atoms with van der Waals surface area (Å²) in [6.45, 7) is 14.4. The number of amides is 3. The number of rotatable bonds is 10. The molecule has 2 saturated carbocycles.